The maximum atomic E-state index is 5.00. The van der Waals surface area contributed by atoms with Crippen molar-refractivity contribution in [2.24, 2.45) is 4.99 Å². The molecule has 6 heteroatoms. The van der Waals surface area contributed by atoms with Gasteiger partial charge < -0.3 is 15.4 Å². The Morgan fingerprint density at radius 1 is 1.39 bits per heavy atom. The van der Waals surface area contributed by atoms with Crippen LogP contribution in [-0.4, -0.2) is 38.3 Å². The van der Waals surface area contributed by atoms with Crippen molar-refractivity contribution in [3.63, 3.8) is 0 Å². The predicted octanol–water partition coefficient (Wildman–Crippen LogP) is 1.46. The highest BCUT2D eigenvalue weighted by atomic mass is 32.1. The molecule has 0 spiro atoms. The molecular weight excluding hydrogens is 248 g/mol. The highest BCUT2D eigenvalue weighted by Crippen LogP contribution is 2.16. The second-order valence-electron chi connectivity index (χ2n) is 3.94. The molecule has 0 aliphatic rings. The van der Waals surface area contributed by atoms with Gasteiger partial charge in [0.05, 0.1) is 17.2 Å². The normalized spacial score (nSPS) is 11.7. The maximum Gasteiger partial charge on any atom is 0.191 e. The van der Waals surface area contributed by atoms with Gasteiger partial charge >= 0.3 is 0 Å². The van der Waals surface area contributed by atoms with Crippen LogP contribution in [0.2, 0.25) is 0 Å². The van der Waals surface area contributed by atoms with Gasteiger partial charge in [-0.3, -0.25) is 4.99 Å². The lowest BCUT2D eigenvalue weighted by molar-refractivity contribution is 0.195. The summed E-state index contributed by atoms with van der Waals surface area (Å²) >= 11 is 1.72. The largest absolute Gasteiger partial charge is 0.385 e. The van der Waals surface area contributed by atoms with Crippen LogP contribution in [0.1, 0.15) is 22.0 Å². The summed E-state index contributed by atoms with van der Waals surface area (Å²) in [5, 5.41) is 7.63. The molecule has 102 valence electrons. The van der Waals surface area contributed by atoms with Gasteiger partial charge in [-0.15, -0.1) is 11.3 Å². The van der Waals surface area contributed by atoms with Crippen LogP contribution < -0.4 is 10.6 Å². The van der Waals surface area contributed by atoms with Crippen LogP contribution in [0, 0.1) is 13.8 Å². The van der Waals surface area contributed by atoms with Gasteiger partial charge in [0, 0.05) is 32.2 Å². The minimum atomic E-state index is 0.761. The molecule has 5 nitrogen and oxygen atoms in total. The number of rotatable bonds is 6. The van der Waals surface area contributed by atoms with E-state index in [-0.39, 0.29) is 0 Å². The number of ether oxygens (including phenoxy) is 1. The zero-order valence-electron chi connectivity index (χ0n) is 11.5. The van der Waals surface area contributed by atoms with E-state index < -0.39 is 0 Å². The highest BCUT2D eigenvalue weighted by molar-refractivity contribution is 7.11. The van der Waals surface area contributed by atoms with Gasteiger partial charge in [-0.1, -0.05) is 0 Å². The summed E-state index contributed by atoms with van der Waals surface area (Å²) in [6.45, 7) is 6.45. The monoisotopic (exact) mass is 270 g/mol. The average molecular weight is 270 g/mol. The number of aryl methyl sites for hydroxylation is 2. The first kappa shape index (κ1) is 14.9. The standard InChI is InChI=1S/C12H22N4OS/c1-9-11(18-10(2)16-9)8-15-12(13-3)14-6-5-7-17-4/h5-8H2,1-4H3,(H2,13,14,15). The predicted molar refractivity (Wildman–Crippen MR) is 76.3 cm³/mol. The van der Waals surface area contributed by atoms with Crippen molar-refractivity contribution in [1.29, 1.82) is 0 Å². The fourth-order valence-electron chi connectivity index (χ4n) is 1.55. The van der Waals surface area contributed by atoms with E-state index in [4.69, 9.17) is 4.74 Å². The molecule has 0 bridgehead atoms. The zero-order valence-corrected chi connectivity index (χ0v) is 12.4. The van der Waals surface area contributed by atoms with Crippen LogP contribution in [-0.2, 0) is 11.3 Å². The van der Waals surface area contributed by atoms with E-state index in [2.05, 4.69) is 20.6 Å². The number of nitrogens with one attached hydrogen (secondary N) is 2. The minimum absolute atomic E-state index is 0.761. The van der Waals surface area contributed by atoms with Gasteiger partial charge in [-0.2, -0.15) is 0 Å². The molecule has 2 N–H and O–H groups in total. The minimum Gasteiger partial charge on any atom is -0.385 e. The van der Waals surface area contributed by atoms with E-state index in [0.29, 0.717) is 0 Å². The van der Waals surface area contributed by atoms with E-state index in [1.165, 1.54) is 4.88 Å². The van der Waals surface area contributed by atoms with E-state index >= 15 is 0 Å². The van der Waals surface area contributed by atoms with Gasteiger partial charge in [0.25, 0.3) is 0 Å². The van der Waals surface area contributed by atoms with Gasteiger partial charge in [-0.05, 0) is 20.3 Å². The molecule has 0 saturated heterocycles. The summed E-state index contributed by atoms with van der Waals surface area (Å²) in [6, 6.07) is 0. The lowest BCUT2D eigenvalue weighted by Crippen LogP contribution is -2.37. The number of thiazole rings is 1. The lowest BCUT2D eigenvalue weighted by atomic mass is 10.4. The lowest BCUT2D eigenvalue weighted by Gasteiger charge is -2.11. The van der Waals surface area contributed by atoms with Crippen LogP contribution in [0.4, 0.5) is 0 Å². The molecule has 0 amide bonds. The second kappa shape index (κ2) is 8.05. The number of aromatic nitrogens is 1. The van der Waals surface area contributed by atoms with Crippen molar-refractivity contribution in [3.8, 4) is 0 Å². The van der Waals surface area contributed by atoms with Crippen molar-refractivity contribution in [3.05, 3.63) is 15.6 Å². The zero-order chi connectivity index (χ0) is 13.4. The first-order valence-corrected chi connectivity index (χ1v) is 6.85. The van der Waals surface area contributed by atoms with Crippen molar-refractivity contribution in [2.45, 2.75) is 26.8 Å². The molecule has 18 heavy (non-hydrogen) atoms. The Balaban J connectivity index is 2.33. The van der Waals surface area contributed by atoms with E-state index in [9.17, 15) is 0 Å². The molecule has 1 rings (SSSR count). The van der Waals surface area contributed by atoms with Crippen molar-refractivity contribution in [2.75, 3.05) is 27.3 Å². The SMILES string of the molecule is CN=C(NCCCOC)NCc1sc(C)nc1C. The molecule has 0 radical (unpaired) electrons. The summed E-state index contributed by atoms with van der Waals surface area (Å²) in [7, 11) is 3.48. The van der Waals surface area contributed by atoms with Crippen LogP contribution in [0.3, 0.4) is 0 Å². The first-order chi connectivity index (χ1) is 8.67. The van der Waals surface area contributed by atoms with Crippen molar-refractivity contribution in [1.82, 2.24) is 15.6 Å². The molecule has 1 aromatic rings. The number of methoxy groups -OCH3 is 1. The quantitative estimate of drug-likeness (QED) is 0.467. The fraction of sp³-hybridized carbons (Fsp3) is 0.667. The smallest absolute Gasteiger partial charge is 0.191 e. The van der Waals surface area contributed by atoms with Gasteiger partial charge in [0.15, 0.2) is 5.96 Å². The molecule has 0 aliphatic heterocycles. The van der Waals surface area contributed by atoms with Gasteiger partial charge in [0.1, 0.15) is 0 Å². The summed E-state index contributed by atoms with van der Waals surface area (Å²) in [6.07, 6.45) is 0.968. The second-order valence-corrected chi connectivity index (χ2v) is 5.23. The van der Waals surface area contributed by atoms with E-state index in [1.807, 2.05) is 13.8 Å². The molecule has 0 saturated carbocycles. The topological polar surface area (TPSA) is 58.5 Å². The van der Waals surface area contributed by atoms with Crippen LogP contribution in [0.25, 0.3) is 0 Å². The molecule has 0 aliphatic carbocycles. The van der Waals surface area contributed by atoms with Gasteiger partial charge in [-0.25, -0.2) is 4.98 Å². The molecule has 0 unspecified atom stereocenters. The summed E-state index contributed by atoms with van der Waals surface area (Å²) < 4.78 is 5.00. The van der Waals surface area contributed by atoms with Crippen LogP contribution in [0.15, 0.2) is 4.99 Å². The third kappa shape index (κ3) is 5.01. The Morgan fingerprint density at radius 3 is 2.72 bits per heavy atom. The summed E-state index contributed by atoms with van der Waals surface area (Å²) in [5.74, 6) is 0.816. The Morgan fingerprint density at radius 2 is 2.17 bits per heavy atom. The molecule has 1 aromatic heterocycles. The summed E-state index contributed by atoms with van der Waals surface area (Å²) in [5.41, 5.74) is 1.10. The van der Waals surface area contributed by atoms with Crippen LogP contribution in [0.5, 0.6) is 0 Å². The highest BCUT2D eigenvalue weighted by Gasteiger charge is 2.05. The molecular formula is C12H22N4OS. The van der Waals surface area contributed by atoms with Gasteiger partial charge in [0.2, 0.25) is 0 Å². The number of hydrogen-bond acceptors (Lipinski definition) is 4. The Kier molecular flexibility index (Phi) is 6.67. The number of aliphatic imine (C=N–C) groups is 1. The Labute approximate surface area is 113 Å². The molecule has 1 heterocycles. The third-order valence-electron chi connectivity index (χ3n) is 2.46. The fourth-order valence-corrected chi connectivity index (χ4v) is 2.42. The third-order valence-corrected chi connectivity index (χ3v) is 3.53. The van der Waals surface area contributed by atoms with Crippen molar-refractivity contribution >= 4 is 17.3 Å². The number of nitrogens with zero attached hydrogens (tertiary/aromatic N) is 2. The van der Waals surface area contributed by atoms with Crippen LogP contribution >= 0.6 is 11.3 Å². The Bertz CT molecular complexity index is 389. The first-order valence-electron chi connectivity index (χ1n) is 6.03. The molecule has 0 atom stereocenters. The Hall–Kier alpha value is -1.14. The number of hydrogen-bond donors (Lipinski definition) is 2. The average Bonchev–Trinajstić information content (AvgIpc) is 2.67. The summed E-state index contributed by atoms with van der Waals surface area (Å²) in [4.78, 5) is 9.83. The molecule has 0 aromatic carbocycles. The molecule has 0 fully saturated rings. The number of guanidine groups is 1. The van der Waals surface area contributed by atoms with E-state index in [0.717, 1.165) is 42.8 Å². The van der Waals surface area contributed by atoms with E-state index in [1.54, 1.807) is 25.5 Å². The maximum absolute atomic E-state index is 5.00. The van der Waals surface area contributed by atoms with Crippen molar-refractivity contribution < 1.29 is 4.74 Å².